The van der Waals surface area contributed by atoms with Crippen LogP contribution in [0.4, 0.5) is 10.1 Å². The van der Waals surface area contributed by atoms with Crippen molar-refractivity contribution in [3.63, 3.8) is 0 Å². The summed E-state index contributed by atoms with van der Waals surface area (Å²) in [7, 11) is 0. The molecule has 7 heteroatoms. The summed E-state index contributed by atoms with van der Waals surface area (Å²) in [5, 5.41) is 17.7. The first-order chi connectivity index (χ1) is 9.47. The molecule has 3 N–H and O–H groups in total. The standard InChI is InChI=1S/C13H10FN3O3/c14-11-7-10(5-6-12(11)17(18)19)20-9-3-1-8(2-4-9)13(15)16/h1-7H,(H3,15,16). The van der Waals surface area contributed by atoms with E-state index >= 15 is 0 Å². The molecule has 0 aliphatic heterocycles. The number of ether oxygens (including phenoxy) is 1. The van der Waals surface area contributed by atoms with E-state index in [1.165, 1.54) is 6.07 Å². The number of nitrogens with zero attached hydrogens (tertiary/aromatic N) is 1. The SMILES string of the molecule is N=C(N)c1ccc(Oc2ccc([N+](=O)[O-])c(F)c2)cc1. The normalized spacial score (nSPS) is 10.1. The predicted octanol–water partition coefficient (Wildman–Crippen LogP) is 2.81. The molecule has 0 aromatic heterocycles. The van der Waals surface area contributed by atoms with Gasteiger partial charge in [0.25, 0.3) is 0 Å². The summed E-state index contributed by atoms with van der Waals surface area (Å²) in [4.78, 5) is 9.68. The van der Waals surface area contributed by atoms with Gasteiger partial charge in [-0.3, -0.25) is 15.5 Å². The van der Waals surface area contributed by atoms with Crippen molar-refractivity contribution in [2.75, 3.05) is 0 Å². The lowest BCUT2D eigenvalue weighted by Crippen LogP contribution is -2.10. The monoisotopic (exact) mass is 275 g/mol. The maximum absolute atomic E-state index is 13.4. The highest BCUT2D eigenvalue weighted by molar-refractivity contribution is 5.94. The van der Waals surface area contributed by atoms with Gasteiger partial charge in [0, 0.05) is 17.7 Å². The minimum absolute atomic E-state index is 0.0714. The van der Waals surface area contributed by atoms with Crippen molar-refractivity contribution < 1.29 is 14.1 Å². The van der Waals surface area contributed by atoms with Crippen molar-refractivity contribution >= 4 is 11.5 Å². The van der Waals surface area contributed by atoms with E-state index in [9.17, 15) is 14.5 Å². The van der Waals surface area contributed by atoms with Crippen molar-refractivity contribution in [1.29, 1.82) is 5.41 Å². The highest BCUT2D eigenvalue weighted by Gasteiger charge is 2.14. The molecule has 20 heavy (non-hydrogen) atoms. The van der Waals surface area contributed by atoms with Gasteiger partial charge in [0.2, 0.25) is 5.82 Å². The Bertz CT molecular complexity index is 671. The third-order valence-electron chi connectivity index (χ3n) is 2.52. The average Bonchev–Trinajstić information content (AvgIpc) is 2.39. The number of nitrogen functional groups attached to an aromatic ring is 1. The zero-order valence-corrected chi connectivity index (χ0v) is 10.2. The number of nitrogens with one attached hydrogen (secondary N) is 1. The quantitative estimate of drug-likeness (QED) is 0.387. The second kappa shape index (κ2) is 5.35. The molecule has 0 bridgehead atoms. The van der Waals surface area contributed by atoms with Gasteiger partial charge in [-0.25, -0.2) is 0 Å². The van der Waals surface area contributed by atoms with Crippen molar-refractivity contribution in [2.24, 2.45) is 5.73 Å². The lowest BCUT2D eigenvalue weighted by molar-refractivity contribution is -0.387. The maximum Gasteiger partial charge on any atom is 0.305 e. The third kappa shape index (κ3) is 2.89. The lowest BCUT2D eigenvalue weighted by atomic mass is 10.2. The molecule has 2 aromatic carbocycles. The summed E-state index contributed by atoms with van der Waals surface area (Å²) in [5.74, 6) is -0.488. The van der Waals surface area contributed by atoms with E-state index < -0.39 is 16.4 Å². The van der Waals surface area contributed by atoms with Crippen molar-refractivity contribution in [2.45, 2.75) is 0 Å². The van der Waals surface area contributed by atoms with Gasteiger partial charge >= 0.3 is 5.69 Å². The number of nitro benzene ring substituents is 1. The van der Waals surface area contributed by atoms with E-state index in [1.807, 2.05) is 0 Å². The predicted molar refractivity (Wildman–Crippen MR) is 70.6 cm³/mol. The highest BCUT2D eigenvalue weighted by atomic mass is 19.1. The van der Waals surface area contributed by atoms with Crippen molar-refractivity contribution in [1.82, 2.24) is 0 Å². The zero-order valence-electron chi connectivity index (χ0n) is 10.2. The first-order valence-electron chi connectivity index (χ1n) is 5.53. The second-order valence-electron chi connectivity index (χ2n) is 3.91. The molecule has 0 radical (unpaired) electrons. The van der Waals surface area contributed by atoms with Crippen LogP contribution in [0.5, 0.6) is 11.5 Å². The van der Waals surface area contributed by atoms with Gasteiger partial charge in [0.05, 0.1) is 4.92 Å². The Balaban J connectivity index is 2.19. The molecule has 0 atom stereocenters. The molecule has 0 fully saturated rings. The zero-order chi connectivity index (χ0) is 14.7. The van der Waals surface area contributed by atoms with Gasteiger partial charge < -0.3 is 10.5 Å². The number of amidine groups is 1. The van der Waals surface area contributed by atoms with Crippen LogP contribution in [-0.4, -0.2) is 10.8 Å². The number of hydrogen-bond acceptors (Lipinski definition) is 4. The van der Waals surface area contributed by atoms with E-state index in [4.69, 9.17) is 15.9 Å². The van der Waals surface area contributed by atoms with E-state index in [2.05, 4.69) is 0 Å². The van der Waals surface area contributed by atoms with Crippen LogP contribution in [0.1, 0.15) is 5.56 Å². The van der Waals surface area contributed by atoms with E-state index in [0.717, 1.165) is 12.1 Å². The molecular weight excluding hydrogens is 265 g/mol. The molecule has 0 heterocycles. The van der Waals surface area contributed by atoms with Crippen LogP contribution >= 0.6 is 0 Å². The molecule has 2 rings (SSSR count). The summed E-state index contributed by atoms with van der Waals surface area (Å²) >= 11 is 0. The Morgan fingerprint density at radius 1 is 1.20 bits per heavy atom. The number of hydrogen-bond donors (Lipinski definition) is 2. The fourth-order valence-electron chi connectivity index (χ4n) is 1.54. The van der Waals surface area contributed by atoms with E-state index in [0.29, 0.717) is 11.3 Å². The molecule has 0 spiro atoms. The Labute approximate surface area is 113 Å². The van der Waals surface area contributed by atoms with Crippen LogP contribution in [0.3, 0.4) is 0 Å². The van der Waals surface area contributed by atoms with Crippen LogP contribution < -0.4 is 10.5 Å². The third-order valence-corrected chi connectivity index (χ3v) is 2.52. The molecule has 0 amide bonds. The number of halogens is 1. The molecule has 102 valence electrons. The fraction of sp³-hybridized carbons (Fsp3) is 0. The summed E-state index contributed by atoms with van der Waals surface area (Å²) in [6.45, 7) is 0. The van der Waals surface area contributed by atoms with Crippen LogP contribution in [0.25, 0.3) is 0 Å². The molecule has 2 aromatic rings. The number of nitro groups is 1. The number of nitrogens with two attached hydrogens (primary N) is 1. The Kier molecular flexibility index (Phi) is 3.60. The molecule has 6 nitrogen and oxygen atoms in total. The van der Waals surface area contributed by atoms with Crippen LogP contribution in [0.2, 0.25) is 0 Å². The highest BCUT2D eigenvalue weighted by Crippen LogP contribution is 2.26. The lowest BCUT2D eigenvalue weighted by Gasteiger charge is -2.06. The molecule has 0 unspecified atom stereocenters. The Morgan fingerprint density at radius 3 is 2.30 bits per heavy atom. The molecule has 0 saturated carbocycles. The van der Waals surface area contributed by atoms with Gasteiger partial charge in [-0.05, 0) is 30.3 Å². The van der Waals surface area contributed by atoms with Gasteiger partial charge in [0.1, 0.15) is 17.3 Å². The topological polar surface area (TPSA) is 102 Å². The van der Waals surface area contributed by atoms with Gasteiger partial charge in [0.15, 0.2) is 0 Å². The van der Waals surface area contributed by atoms with Crippen LogP contribution in [-0.2, 0) is 0 Å². The second-order valence-corrected chi connectivity index (χ2v) is 3.91. The molecular formula is C13H10FN3O3. The summed E-state index contributed by atoms with van der Waals surface area (Å²) < 4.78 is 18.8. The van der Waals surface area contributed by atoms with Crippen LogP contribution in [0.15, 0.2) is 42.5 Å². The molecule has 0 saturated heterocycles. The number of rotatable bonds is 4. The summed E-state index contributed by atoms with van der Waals surface area (Å²) in [6, 6.07) is 9.58. The number of benzene rings is 2. The Morgan fingerprint density at radius 2 is 1.80 bits per heavy atom. The van der Waals surface area contributed by atoms with Gasteiger partial charge in [-0.15, -0.1) is 0 Å². The molecule has 0 aliphatic rings. The Hall–Kier alpha value is -2.96. The summed E-state index contributed by atoms with van der Waals surface area (Å²) in [6.07, 6.45) is 0. The maximum atomic E-state index is 13.4. The van der Waals surface area contributed by atoms with Crippen molar-refractivity contribution in [3.8, 4) is 11.5 Å². The van der Waals surface area contributed by atoms with Gasteiger partial charge in [-0.1, -0.05) is 0 Å². The smallest absolute Gasteiger partial charge is 0.305 e. The van der Waals surface area contributed by atoms with Crippen LogP contribution in [0, 0.1) is 21.3 Å². The first-order valence-corrected chi connectivity index (χ1v) is 5.53. The molecule has 0 aliphatic carbocycles. The summed E-state index contributed by atoms with van der Waals surface area (Å²) in [5.41, 5.74) is 5.24. The minimum atomic E-state index is -0.965. The average molecular weight is 275 g/mol. The minimum Gasteiger partial charge on any atom is -0.457 e. The first kappa shape index (κ1) is 13.5. The van der Waals surface area contributed by atoms with E-state index in [-0.39, 0.29) is 11.6 Å². The van der Waals surface area contributed by atoms with Crippen molar-refractivity contribution in [3.05, 3.63) is 64.0 Å². The fourth-order valence-corrected chi connectivity index (χ4v) is 1.54. The largest absolute Gasteiger partial charge is 0.457 e. The van der Waals surface area contributed by atoms with E-state index in [1.54, 1.807) is 24.3 Å². The van der Waals surface area contributed by atoms with Gasteiger partial charge in [-0.2, -0.15) is 4.39 Å².